The molecule has 1 aliphatic heterocycles. The van der Waals surface area contributed by atoms with Gasteiger partial charge in [-0.05, 0) is 81.1 Å². The van der Waals surface area contributed by atoms with Crippen LogP contribution in [0.15, 0.2) is 62.7 Å². The van der Waals surface area contributed by atoms with Crippen molar-refractivity contribution in [3.63, 3.8) is 0 Å². The number of amides is 1. The molecular weight excluding hydrogens is 623 g/mol. The number of halogens is 1. The zero-order valence-electron chi connectivity index (χ0n) is 28.2. The second kappa shape index (κ2) is 14.1. The highest BCUT2D eigenvalue weighted by atomic mass is 19.1. The van der Waals surface area contributed by atoms with Gasteiger partial charge in [-0.1, -0.05) is 44.0 Å². The smallest absolute Gasteiger partial charge is 0.256 e. The lowest BCUT2D eigenvalue weighted by Crippen LogP contribution is -2.30. The van der Waals surface area contributed by atoms with Crippen LogP contribution in [0.2, 0.25) is 0 Å². The number of fused-ring (bicyclic) bond motifs is 5. The molecule has 10 heteroatoms. The second-order valence-electron chi connectivity index (χ2n) is 13.3. The van der Waals surface area contributed by atoms with Crippen molar-refractivity contribution in [1.29, 1.82) is 0 Å². The predicted octanol–water partition coefficient (Wildman–Crippen LogP) is 7.06. The van der Waals surface area contributed by atoms with Crippen molar-refractivity contribution in [2.45, 2.75) is 64.3 Å². The highest BCUT2D eigenvalue weighted by Gasteiger charge is 2.25. The van der Waals surface area contributed by atoms with E-state index < -0.39 is 17.2 Å². The number of nitrogens with one attached hydrogen (secondary N) is 2. The first-order chi connectivity index (χ1) is 23.9. The van der Waals surface area contributed by atoms with E-state index in [9.17, 15) is 14.4 Å². The van der Waals surface area contributed by atoms with Crippen LogP contribution in [0.25, 0.3) is 49.1 Å². The molecule has 1 unspecified atom stereocenters. The van der Waals surface area contributed by atoms with Crippen LogP contribution in [-0.4, -0.2) is 61.1 Å². The average molecular weight is 667 g/mol. The molecule has 7 rings (SSSR count). The lowest BCUT2D eigenvalue weighted by molar-refractivity contribution is 0.0951. The molecule has 0 saturated carbocycles. The van der Waals surface area contributed by atoms with Crippen LogP contribution in [-0.2, 0) is 4.74 Å². The van der Waals surface area contributed by atoms with Gasteiger partial charge in [0, 0.05) is 49.3 Å². The number of unbranched alkanes of at least 4 members (excludes halogenated alkanes) is 3. The number of aromatic nitrogens is 1. The summed E-state index contributed by atoms with van der Waals surface area (Å²) < 4.78 is 29.7. The van der Waals surface area contributed by atoms with E-state index in [2.05, 4.69) is 29.5 Å². The number of rotatable bonds is 14. The van der Waals surface area contributed by atoms with Gasteiger partial charge >= 0.3 is 0 Å². The Bertz CT molecular complexity index is 2280. The first-order valence-electron chi connectivity index (χ1n) is 17.6. The number of ether oxygens (including phenoxy) is 1. The first-order valence-corrected chi connectivity index (χ1v) is 17.6. The summed E-state index contributed by atoms with van der Waals surface area (Å²) in [5, 5.41) is 8.85. The number of hydrogen-bond donors (Lipinski definition) is 2. The third-order valence-corrected chi connectivity index (χ3v) is 10.0. The highest BCUT2D eigenvalue weighted by molar-refractivity contribution is 6.15. The van der Waals surface area contributed by atoms with Crippen LogP contribution >= 0.6 is 0 Å². The van der Waals surface area contributed by atoms with E-state index in [-0.39, 0.29) is 27.6 Å². The van der Waals surface area contributed by atoms with Crippen LogP contribution in [0.5, 0.6) is 0 Å². The Morgan fingerprint density at radius 1 is 0.959 bits per heavy atom. The summed E-state index contributed by atoms with van der Waals surface area (Å²) in [6.07, 6.45) is 9.23. The SMILES string of the molecule is CCCOCCCCCCNC(=O)c1cn2c3cc4c(cc3oc3c(NCCC5CCCN5C)c(F)cc(c1=O)c32)c(=O)c1ccccc14. The number of carbonyl (C=O) groups is 1. The summed E-state index contributed by atoms with van der Waals surface area (Å²) in [5.41, 5.74) is 0.835. The van der Waals surface area contributed by atoms with Gasteiger partial charge in [0.2, 0.25) is 5.43 Å². The second-order valence-corrected chi connectivity index (χ2v) is 13.3. The van der Waals surface area contributed by atoms with Gasteiger partial charge in [0.1, 0.15) is 16.8 Å². The highest BCUT2D eigenvalue weighted by Crippen LogP contribution is 2.36. The number of hydrogen-bond acceptors (Lipinski definition) is 7. The van der Waals surface area contributed by atoms with Crippen LogP contribution in [0, 0.1) is 5.82 Å². The Hall–Kier alpha value is -4.54. The first kappa shape index (κ1) is 33.0. The summed E-state index contributed by atoms with van der Waals surface area (Å²) >= 11 is 0. The van der Waals surface area contributed by atoms with E-state index in [0.717, 1.165) is 81.9 Å². The number of likely N-dealkylation sites (tertiary alicyclic amines) is 1. The molecule has 0 spiro atoms. The minimum Gasteiger partial charge on any atom is -0.451 e. The zero-order valence-corrected chi connectivity index (χ0v) is 28.2. The lowest BCUT2D eigenvalue weighted by Gasteiger charge is -2.20. The summed E-state index contributed by atoms with van der Waals surface area (Å²) in [4.78, 5) is 43.1. The lowest BCUT2D eigenvalue weighted by atomic mass is 10.1. The van der Waals surface area contributed by atoms with E-state index >= 15 is 4.39 Å². The van der Waals surface area contributed by atoms with Crippen molar-refractivity contribution in [2.24, 2.45) is 0 Å². The summed E-state index contributed by atoms with van der Waals surface area (Å²) in [5.74, 6) is -1.15. The number of pyridine rings is 1. The normalized spacial score (nSPS) is 15.4. The quantitative estimate of drug-likeness (QED) is 0.0729. The van der Waals surface area contributed by atoms with Gasteiger partial charge in [0.25, 0.3) is 5.91 Å². The summed E-state index contributed by atoms with van der Waals surface area (Å²) in [6.45, 7) is 5.56. The van der Waals surface area contributed by atoms with Crippen molar-refractivity contribution in [2.75, 3.05) is 45.2 Å². The van der Waals surface area contributed by atoms with Crippen molar-refractivity contribution in [3.8, 4) is 0 Å². The molecule has 0 radical (unpaired) electrons. The molecule has 1 saturated heterocycles. The van der Waals surface area contributed by atoms with Crippen molar-refractivity contribution in [3.05, 3.63) is 80.5 Å². The van der Waals surface area contributed by atoms with E-state index in [4.69, 9.17) is 9.15 Å². The van der Waals surface area contributed by atoms with Crippen molar-refractivity contribution >= 4 is 60.7 Å². The summed E-state index contributed by atoms with van der Waals surface area (Å²) in [7, 11) is 2.10. The van der Waals surface area contributed by atoms with Crippen LogP contribution in [0.4, 0.5) is 10.1 Å². The molecule has 1 fully saturated rings. The molecule has 2 aromatic heterocycles. The fraction of sp³-hybridized carbons (Fsp3) is 0.410. The molecule has 9 nitrogen and oxygen atoms in total. The van der Waals surface area contributed by atoms with Crippen molar-refractivity contribution in [1.82, 2.24) is 14.6 Å². The molecule has 6 aromatic rings. The zero-order chi connectivity index (χ0) is 34.1. The van der Waals surface area contributed by atoms with Gasteiger partial charge < -0.3 is 29.1 Å². The monoisotopic (exact) mass is 666 g/mol. The fourth-order valence-electron chi connectivity index (χ4n) is 7.40. The van der Waals surface area contributed by atoms with Crippen LogP contribution in [0.1, 0.15) is 68.6 Å². The fourth-order valence-corrected chi connectivity index (χ4v) is 7.40. The molecule has 3 heterocycles. The number of nitrogens with zero attached hydrogens (tertiary/aromatic N) is 2. The molecule has 1 aliphatic rings. The molecule has 1 amide bonds. The van der Waals surface area contributed by atoms with Gasteiger partial charge in [0.05, 0.1) is 10.9 Å². The molecule has 49 heavy (non-hydrogen) atoms. The third-order valence-electron chi connectivity index (χ3n) is 10.0. The molecule has 1 atom stereocenters. The minimum absolute atomic E-state index is 0.0518. The van der Waals surface area contributed by atoms with Crippen LogP contribution < -0.4 is 21.5 Å². The van der Waals surface area contributed by atoms with Gasteiger partial charge in [-0.25, -0.2) is 4.39 Å². The molecule has 256 valence electrons. The maximum Gasteiger partial charge on any atom is 0.256 e. The van der Waals surface area contributed by atoms with E-state index in [0.29, 0.717) is 46.5 Å². The van der Waals surface area contributed by atoms with Gasteiger partial charge in [-0.15, -0.1) is 0 Å². The van der Waals surface area contributed by atoms with E-state index in [1.165, 1.54) is 12.3 Å². The molecule has 4 aromatic carbocycles. The van der Waals surface area contributed by atoms with E-state index in [1.54, 1.807) is 16.5 Å². The Morgan fingerprint density at radius 2 is 1.78 bits per heavy atom. The molecule has 2 N–H and O–H groups in total. The predicted molar refractivity (Wildman–Crippen MR) is 194 cm³/mol. The Labute approximate surface area is 283 Å². The maximum absolute atomic E-state index is 16.0. The topological polar surface area (TPSA) is 105 Å². The van der Waals surface area contributed by atoms with Gasteiger partial charge in [-0.2, -0.15) is 0 Å². The Morgan fingerprint density at radius 3 is 2.57 bits per heavy atom. The number of carbonyl (C=O) groups excluding carboxylic acids is 1. The number of benzene rings is 3. The third kappa shape index (κ3) is 6.24. The minimum atomic E-state index is -0.639. The molecular formula is C39H43FN4O5. The Kier molecular flexibility index (Phi) is 9.51. The summed E-state index contributed by atoms with van der Waals surface area (Å²) in [6, 6.07) is 12.6. The molecule has 0 aliphatic carbocycles. The van der Waals surface area contributed by atoms with Crippen molar-refractivity contribution < 1.29 is 18.3 Å². The number of anilines is 1. The Balaban J connectivity index is 1.29. The van der Waals surface area contributed by atoms with Gasteiger partial charge in [0.15, 0.2) is 22.4 Å². The average Bonchev–Trinajstić information content (AvgIpc) is 3.64. The maximum atomic E-state index is 16.0. The molecule has 0 bridgehead atoms. The van der Waals surface area contributed by atoms with Gasteiger partial charge in [-0.3, -0.25) is 14.4 Å². The standard InChI is InChI=1S/C39H43FN4O5/c1-3-18-48-19-9-5-4-8-15-42-39(47)30-23-44-32-21-27-25-12-6-7-13-26(25)36(45)28(27)22-33(32)49-38-34(31(40)20-29(35(38)44)37(30)46)41-16-14-24-11-10-17-43(24)2/h6-7,12-13,20-24,41H,3-5,8-11,14-19H2,1-2H3,(H,42,47). The largest absolute Gasteiger partial charge is 0.451 e. The van der Waals surface area contributed by atoms with Crippen LogP contribution in [0.3, 0.4) is 0 Å². The van der Waals surface area contributed by atoms with E-state index in [1.807, 2.05) is 24.3 Å².